The van der Waals surface area contributed by atoms with Crippen molar-refractivity contribution < 1.29 is 0 Å². The standard InChI is InChI=1S/C46H36N2/c1-3-12-32(13-4-1)34-22-25-37(26-23-34)48(38-18-11-17-36(30-38)33-14-5-2-6-15-33)39-27-29-45-43(31-39)46-40-19-8-7-16-35(40)24-28-42(46)41-20-9-10-21-44(41)47-45/h1-23,25-27,29-31,43,45,47H,24,28H2. The van der Waals surface area contributed by atoms with Crippen molar-refractivity contribution in [1.29, 1.82) is 0 Å². The zero-order chi connectivity index (χ0) is 31.9. The van der Waals surface area contributed by atoms with E-state index in [1.54, 1.807) is 0 Å². The van der Waals surface area contributed by atoms with Crippen LogP contribution in [-0.4, -0.2) is 6.04 Å². The molecule has 6 aromatic carbocycles. The van der Waals surface area contributed by atoms with Gasteiger partial charge in [-0.05, 0) is 93.8 Å². The molecule has 0 amide bonds. The van der Waals surface area contributed by atoms with Crippen LogP contribution in [0.25, 0.3) is 33.4 Å². The molecule has 6 aromatic rings. The van der Waals surface area contributed by atoms with Crippen molar-refractivity contribution in [2.45, 2.75) is 18.9 Å². The molecule has 0 spiro atoms. The van der Waals surface area contributed by atoms with Crippen LogP contribution in [0.2, 0.25) is 0 Å². The molecule has 230 valence electrons. The Balaban J connectivity index is 1.21. The zero-order valence-corrected chi connectivity index (χ0v) is 26.8. The molecule has 0 radical (unpaired) electrons. The number of para-hydroxylation sites is 1. The Morgan fingerprint density at radius 1 is 0.521 bits per heavy atom. The minimum Gasteiger partial charge on any atom is -0.377 e. The fourth-order valence-corrected chi connectivity index (χ4v) is 7.82. The predicted octanol–water partition coefficient (Wildman–Crippen LogP) is 11.6. The summed E-state index contributed by atoms with van der Waals surface area (Å²) < 4.78 is 0. The summed E-state index contributed by atoms with van der Waals surface area (Å²) in [6.45, 7) is 0. The van der Waals surface area contributed by atoms with E-state index < -0.39 is 0 Å². The molecule has 0 fully saturated rings. The molecular weight excluding hydrogens is 581 g/mol. The van der Waals surface area contributed by atoms with Gasteiger partial charge in [0.05, 0.1) is 6.04 Å². The second-order valence-corrected chi connectivity index (χ2v) is 12.9. The molecule has 2 atom stereocenters. The Morgan fingerprint density at radius 2 is 1.17 bits per heavy atom. The van der Waals surface area contributed by atoms with Crippen LogP contribution in [-0.2, 0) is 6.42 Å². The van der Waals surface area contributed by atoms with Gasteiger partial charge in [0.15, 0.2) is 0 Å². The second kappa shape index (κ2) is 12.1. The van der Waals surface area contributed by atoms with Gasteiger partial charge in [-0.1, -0.05) is 140 Å². The third-order valence-corrected chi connectivity index (χ3v) is 10.1. The minimum atomic E-state index is 0.145. The molecule has 9 rings (SSSR count). The molecule has 2 aliphatic carbocycles. The summed E-state index contributed by atoms with van der Waals surface area (Å²) in [5.74, 6) is 0.164. The van der Waals surface area contributed by atoms with Crippen molar-refractivity contribution in [1.82, 2.24) is 0 Å². The fraction of sp³-hybridized carbons (Fsp3) is 0.0870. The third-order valence-electron chi connectivity index (χ3n) is 10.1. The molecular formula is C46H36N2. The first kappa shape index (κ1) is 28.4. The van der Waals surface area contributed by atoms with Crippen LogP contribution in [0.4, 0.5) is 17.1 Å². The van der Waals surface area contributed by atoms with E-state index in [1.165, 1.54) is 61.5 Å². The van der Waals surface area contributed by atoms with Gasteiger partial charge in [0.1, 0.15) is 0 Å². The van der Waals surface area contributed by atoms with E-state index in [1.807, 2.05) is 0 Å². The quantitative estimate of drug-likeness (QED) is 0.207. The smallest absolute Gasteiger partial charge is 0.0552 e. The number of fused-ring (bicyclic) bond motifs is 6. The van der Waals surface area contributed by atoms with E-state index in [4.69, 9.17) is 0 Å². The summed E-state index contributed by atoms with van der Waals surface area (Å²) in [4.78, 5) is 2.43. The average Bonchev–Trinajstić information content (AvgIpc) is 3.30. The van der Waals surface area contributed by atoms with Crippen molar-refractivity contribution >= 4 is 28.2 Å². The van der Waals surface area contributed by atoms with Crippen LogP contribution in [0.5, 0.6) is 0 Å². The van der Waals surface area contributed by atoms with Gasteiger partial charge in [-0.3, -0.25) is 0 Å². The number of benzene rings is 6. The van der Waals surface area contributed by atoms with Crippen molar-refractivity contribution in [3.8, 4) is 22.3 Å². The Kier molecular flexibility index (Phi) is 7.13. The first-order valence-electron chi connectivity index (χ1n) is 17.0. The zero-order valence-electron chi connectivity index (χ0n) is 26.8. The van der Waals surface area contributed by atoms with E-state index in [0.29, 0.717) is 0 Å². The van der Waals surface area contributed by atoms with E-state index in [-0.39, 0.29) is 12.0 Å². The number of nitrogens with one attached hydrogen (secondary N) is 1. The number of aryl methyl sites for hydroxylation is 1. The third kappa shape index (κ3) is 5.07. The Hall–Kier alpha value is -5.86. The van der Waals surface area contributed by atoms with Crippen molar-refractivity contribution in [3.63, 3.8) is 0 Å². The van der Waals surface area contributed by atoms with Crippen LogP contribution in [0, 0.1) is 5.92 Å². The van der Waals surface area contributed by atoms with Gasteiger partial charge in [0.25, 0.3) is 0 Å². The molecule has 0 aromatic heterocycles. The minimum absolute atomic E-state index is 0.145. The molecule has 0 saturated heterocycles. The number of nitrogens with zero attached hydrogens (tertiary/aromatic N) is 1. The molecule has 0 saturated carbocycles. The topological polar surface area (TPSA) is 15.3 Å². The molecule has 0 bridgehead atoms. The van der Waals surface area contributed by atoms with Crippen LogP contribution >= 0.6 is 0 Å². The molecule has 2 heteroatoms. The van der Waals surface area contributed by atoms with Crippen LogP contribution in [0.3, 0.4) is 0 Å². The van der Waals surface area contributed by atoms with Crippen LogP contribution in [0.1, 0.15) is 23.1 Å². The lowest BCUT2D eigenvalue weighted by Gasteiger charge is -2.35. The Morgan fingerprint density at radius 3 is 1.96 bits per heavy atom. The lowest BCUT2D eigenvalue weighted by Crippen LogP contribution is -2.31. The summed E-state index contributed by atoms with van der Waals surface area (Å²) in [5, 5.41) is 3.95. The fourth-order valence-electron chi connectivity index (χ4n) is 7.82. The summed E-state index contributed by atoms with van der Waals surface area (Å²) in [6, 6.07) is 57.3. The van der Waals surface area contributed by atoms with Crippen molar-refractivity contribution in [3.05, 3.63) is 198 Å². The highest BCUT2D eigenvalue weighted by molar-refractivity contribution is 6.00. The monoisotopic (exact) mass is 616 g/mol. The molecule has 1 aliphatic heterocycles. The van der Waals surface area contributed by atoms with E-state index in [0.717, 1.165) is 24.2 Å². The maximum absolute atomic E-state index is 3.95. The van der Waals surface area contributed by atoms with Gasteiger partial charge in [-0.15, -0.1) is 0 Å². The first-order valence-corrected chi connectivity index (χ1v) is 17.0. The number of anilines is 3. The summed E-state index contributed by atoms with van der Waals surface area (Å²) in [6.07, 6.45) is 9.33. The van der Waals surface area contributed by atoms with Gasteiger partial charge >= 0.3 is 0 Å². The van der Waals surface area contributed by atoms with Gasteiger partial charge in [-0.2, -0.15) is 0 Å². The highest BCUT2D eigenvalue weighted by atomic mass is 15.1. The van der Waals surface area contributed by atoms with Crippen LogP contribution in [0.15, 0.2) is 182 Å². The van der Waals surface area contributed by atoms with Crippen molar-refractivity contribution in [2.24, 2.45) is 5.92 Å². The first-order chi connectivity index (χ1) is 23.8. The predicted molar refractivity (Wildman–Crippen MR) is 202 cm³/mol. The van der Waals surface area contributed by atoms with E-state index in [2.05, 4.69) is 186 Å². The van der Waals surface area contributed by atoms with Gasteiger partial charge < -0.3 is 10.2 Å². The number of rotatable bonds is 5. The van der Waals surface area contributed by atoms with Crippen molar-refractivity contribution in [2.75, 3.05) is 10.2 Å². The normalized spacial score (nSPS) is 17.5. The molecule has 2 nitrogen and oxygen atoms in total. The highest BCUT2D eigenvalue weighted by Crippen LogP contribution is 2.49. The molecule has 2 unspecified atom stereocenters. The Labute approximate surface area is 283 Å². The molecule has 3 aliphatic rings. The Bertz CT molecular complexity index is 2210. The number of hydrogen-bond acceptors (Lipinski definition) is 2. The summed E-state index contributed by atoms with van der Waals surface area (Å²) >= 11 is 0. The van der Waals surface area contributed by atoms with Crippen LogP contribution < -0.4 is 10.2 Å². The SMILES string of the molecule is C1=CC2Nc3ccccc3C3=C(c4ccccc4CC3)C2C=C1N(c1ccc(-c2ccccc2)cc1)c1cccc(-c2ccccc2)c1. The maximum atomic E-state index is 3.95. The molecule has 1 heterocycles. The number of allylic oxidation sites excluding steroid dienone is 2. The van der Waals surface area contributed by atoms with Gasteiger partial charge in [-0.25, -0.2) is 0 Å². The highest BCUT2D eigenvalue weighted by Gasteiger charge is 2.35. The molecule has 48 heavy (non-hydrogen) atoms. The van der Waals surface area contributed by atoms with E-state index >= 15 is 0 Å². The average molecular weight is 617 g/mol. The summed E-state index contributed by atoms with van der Waals surface area (Å²) in [5.41, 5.74) is 16.6. The van der Waals surface area contributed by atoms with E-state index in [9.17, 15) is 0 Å². The van der Waals surface area contributed by atoms with Gasteiger partial charge in [0, 0.05) is 34.2 Å². The number of hydrogen-bond donors (Lipinski definition) is 1. The largest absolute Gasteiger partial charge is 0.377 e. The lowest BCUT2D eigenvalue weighted by atomic mass is 9.74. The second-order valence-electron chi connectivity index (χ2n) is 12.9. The molecule has 1 N–H and O–H groups in total. The summed E-state index contributed by atoms with van der Waals surface area (Å²) in [7, 11) is 0. The van der Waals surface area contributed by atoms with Gasteiger partial charge in [0.2, 0.25) is 0 Å². The maximum Gasteiger partial charge on any atom is 0.0552 e. The lowest BCUT2D eigenvalue weighted by molar-refractivity contribution is 0.733.